The van der Waals surface area contributed by atoms with Crippen molar-refractivity contribution in [1.29, 1.82) is 0 Å². The molecule has 1 aromatic heterocycles. The van der Waals surface area contributed by atoms with Crippen molar-refractivity contribution < 1.29 is 9.72 Å². The van der Waals surface area contributed by atoms with Crippen LogP contribution in [0.1, 0.15) is 36.2 Å². The Kier molecular flexibility index (Phi) is 4.62. The number of carbonyl (C=O) groups excluding carboxylic acids is 1. The molecule has 0 spiro atoms. The molecule has 1 aliphatic rings. The Balaban J connectivity index is 2.07. The largest absolute Gasteiger partial charge is 0.340 e. The van der Waals surface area contributed by atoms with E-state index in [0.717, 1.165) is 25.7 Å². The molecular formula is C14H22N4O3. The van der Waals surface area contributed by atoms with E-state index < -0.39 is 4.92 Å². The number of nitrogens with one attached hydrogen (secondary N) is 1. The first kappa shape index (κ1) is 15.5. The average molecular weight is 294 g/mol. The quantitative estimate of drug-likeness (QED) is 0.674. The Morgan fingerprint density at radius 1 is 1.43 bits per heavy atom. The summed E-state index contributed by atoms with van der Waals surface area (Å²) < 4.78 is 1.52. The second-order valence-corrected chi connectivity index (χ2v) is 5.66. The first-order chi connectivity index (χ1) is 9.93. The topological polar surface area (TPSA) is 80.4 Å². The Hall–Kier alpha value is -1.89. The van der Waals surface area contributed by atoms with Crippen LogP contribution in [0.2, 0.25) is 0 Å². The van der Waals surface area contributed by atoms with Crippen molar-refractivity contribution >= 4 is 11.6 Å². The van der Waals surface area contributed by atoms with Crippen molar-refractivity contribution in [1.82, 2.24) is 14.8 Å². The number of aromatic nitrogens is 1. The van der Waals surface area contributed by atoms with Crippen LogP contribution in [0, 0.1) is 10.1 Å². The second-order valence-electron chi connectivity index (χ2n) is 5.66. The second kappa shape index (κ2) is 6.26. The lowest BCUT2D eigenvalue weighted by atomic mass is 9.90. The molecule has 7 nitrogen and oxygen atoms in total. The van der Waals surface area contributed by atoms with E-state index in [9.17, 15) is 14.9 Å². The minimum absolute atomic E-state index is 0.0480. The monoisotopic (exact) mass is 294 g/mol. The highest BCUT2D eigenvalue weighted by molar-refractivity contribution is 5.93. The van der Waals surface area contributed by atoms with Gasteiger partial charge in [0.1, 0.15) is 5.69 Å². The summed E-state index contributed by atoms with van der Waals surface area (Å²) in [5.41, 5.74) is 0.313. The number of rotatable bonds is 4. The van der Waals surface area contributed by atoms with Crippen molar-refractivity contribution in [3.8, 4) is 0 Å². The van der Waals surface area contributed by atoms with Crippen molar-refractivity contribution in [3.05, 3.63) is 28.1 Å². The molecule has 2 rings (SSSR count). The van der Waals surface area contributed by atoms with Crippen LogP contribution in [0.25, 0.3) is 0 Å². The van der Waals surface area contributed by atoms with Gasteiger partial charge in [-0.05, 0) is 32.7 Å². The lowest BCUT2D eigenvalue weighted by molar-refractivity contribution is -0.384. The number of nitro groups is 1. The lowest BCUT2D eigenvalue weighted by Crippen LogP contribution is -2.43. The van der Waals surface area contributed by atoms with Gasteiger partial charge in [-0.3, -0.25) is 14.9 Å². The van der Waals surface area contributed by atoms with Crippen molar-refractivity contribution in [2.75, 3.05) is 14.1 Å². The number of aryl methyl sites for hydroxylation is 1. The summed E-state index contributed by atoms with van der Waals surface area (Å²) in [7, 11) is 5.40. The zero-order valence-electron chi connectivity index (χ0n) is 12.7. The lowest BCUT2D eigenvalue weighted by Gasteiger charge is -2.34. The summed E-state index contributed by atoms with van der Waals surface area (Å²) in [6, 6.07) is 2.08. The molecule has 0 aliphatic heterocycles. The van der Waals surface area contributed by atoms with E-state index in [2.05, 4.69) is 5.32 Å². The van der Waals surface area contributed by atoms with E-state index in [0.29, 0.717) is 11.7 Å². The number of amides is 1. The molecule has 1 N–H and O–H groups in total. The minimum atomic E-state index is -0.477. The zero-order chi connectivity index (χ0) is 15.6. The van der Waals surface area contributed by atoms with Crippen LogP contribution in [-0.2, 0) is 7.05 Å². The van der Waals surface area contributed by atoms with Gasteiger partial charge in [0.05, 0.1) is 11.1 Å². The molecule has 21 heavy (non-hydrogen) atoms. The molecule has 1 saturated carbocycles. The molecule has 0 radical (unpaired) electrons. The Labute approximate surface area is 124 Å². The van der Waals surface area contributed by atoms with E-state index in [4.69, 9.17) is 0 Å². The van der Waals surface area contributed by atoms with Crippen molar-refractivity contribution in [3.63, 3.8) is 0 Å². The molecule has 1 fully saturated rings. The van der Waals surface area contributed by atoms with Gasteiger partial charge in [0, 0.05) is 32.2 Å². The normalized spacial score (nSPS) is 22.0. The number of nitrogens with zero attached hydrogens (tertiary/aromatic N) is 3. The highest BCUT2D eigenvalue weighted by atomic mass is 16.6. The van der Waals surface area contributed by atoms with Gasteiger partial charge in [-0.25, -0.2) is 0 Å². The Morgan fingerprint density at radius 2 is 2.05 bits per heavy atom. The van der Waals surface area contributed by atoms with E-state index in [-0.39, 0.29) is 17.6 Å². The van der Waals surface area contributed by atoms with E-state index >= 15 is 0 Å². The van der Waals surface area contributed by atoms with Crippen molar-refractivity contribution in [2.24, 2.45) is 7.05 Å². The average Bonchev–Trinajstić information content (AvgIpc) is 2.88. The van der Waals surface area contributed by atoms with Gasteiger partial charge < -0.3 is 14.8 Å². The van der Waals surface area contributed by atoms with E-state index in [1.165, 1.54) is 16.8 Å². The fourth-order valence-corrected chi connectivity index (χ4v) is 2.96. The first-order valence-electron chi connectivity index (χ1n) is 7.19. The van der Waals surface area contributed by atoms with Crippen LogP contribution in [0.3, 0.4) is 0 Å². The fraction of sp³-hybridized carbons (Fsp3) is 0.643. The highest BCUT2D eigenvalue weighted by Gasteiger charge is 2.28. The highest BCUT2D eigenvalue weighted by Crippen LogP contribution is 2.24. The maximum Gasteiger partial charge on any atom is 0.287 e. The van der Waals surface area contributed by atoms with Gasteiger partial charge in [0.15, 0.2) is 0 Å². The number of carbonyl (C=O) groups is 1. The third kappa shape index (κ3) is 3.24. The Bertz CT molecular complexity index is 532. The standard InChI is InChI=1S/C14H22N4O3/c1-15-10-4-6-11(7-5-10)17(3)14(19)13-8-12(18(20)21)9-16(13)2/h8-11,15H,4-7H2,1-3H3. The van der Waals surface area contributed by atoms with E-state index in [1.54, 1.807) is 19.0 Å². The summed E-state index contributed by atoms with van der Waals surface area (Å²) >= 11 is 0. The summed E-state index contributed by atoms with van der Waals surface area (Å²) in [6.45, 7) is 0. The smallest absolute Gasteiger partial charge is 0.287 e. The van der Waals surface area contributed by atoms with Crippen molar-refractivity contribution in [2.45, 2.75) is 37.8 Å². The number of hydrogen-bond acceptors (Lipinski definition) is 4. The van der Waals surface area contributed by atoms with Crippen LogP contribution in [0.5, 0.6) is 0 Å². The summed E-state index contributed by atoms with van der Waals surface area (Å²) in [5.74, 6) is -0.154. The predicted octanol–water partition coefficient (Wildman–Crippen LogP) is 1.54. The maximum absolute atomic E-state index is 12.5. The molecule has 116 valence electrons. The number of hydrogen-bond donors (Lipinski definition) is 1. The molecule has 1 heterocycles. The zero-order valence-corrected chi connectivity index (χ0v) is 12.7. The van der Waals surface area contributed by atoms with Crippen LogP contribution >= 0.6 is 0 Å². The fourth-order valence-electron chi connectivity index (χ4n) is 2.96. The molecule has 7 heteroatoms. The molecule has 0 bridgehead atoms. The van der Waals surface area contributed by atoms with Gasteiger partial charge >= 0.3 is 0 Å². The van der Waals surface area contributed by atoms with Gasteiger partial charge in [-0.15, -0.1) is 0 Å². The molecule has 1 aliphatic carbocycles. The van der Waals surface area contributed by atoms with Crippen LogP contribution < -0.4 is 5.32 Å². The summed E-state index contributed by atoms with van der Waals surface area (Å²) in [6.07, 6.45) is 5.39. The molecule has 0 saturated heterocycles. The van der Waals surface area contributed by atoms with Gasteiger partial charge in [0.2, 0.25) is 0 Å². The molecule has 0 atom stereocenters. The molecular weight excluding hydrogens is 272 g/mol. The Morgan fingerprint density at radius 3 is 2.52 bits per heavy atom. The van der Waals surface area contributed by atoms with Gasteiger partial charge in [-0.1, -0.05) is 0 Å². The van der Waals surface area contributed by atoms with Gasteiger partial charge in [0.25, 0.3) is 11.6 Å². The van der Waals surface area contributed by atoms with Gasteiger partial charge in [-0.2, -0.15) is 0 Å². The maximum atomic E-state index is 12.5. The van der Waals surface area contributed by atoms with Crippen LogP contribution in [-0.4, -0.2) is 46.5 Å². The first-order valence-corrected chi connectivity index (χ1v) is 7.19. The molecule has 1 amide bonds. The SMILES string of the molecule is CNC1CCC(N(C)C(=O)c2cc([N+](=O)[O-])cn2C)CC1. The summed E-state index contributed by atoms with van der Waals surface area (Å²) in [4.78, 5) is 24.6. The molecule has 0 unspecified atom stereocenters. The molecule has 0 aromatic carbocycles. The minimum Gasteiger partial charge on any atom is -0.340 e. The third-order valence-corrected chi connectivity index (χ3v) is 4.39. The van der Waals surface area contributed by atoms with Crippen LogP contribution in [0.15, 0.2) is 12.3 Å². The van der Waals surface area contributed by atoms with E-state index in [1.807, 2.05) is 7.05 Å². The molecule has 1 aromatic rings. The summed E-state index contributed by atoms with van der Waals surface area (Å²) in [5, 5.41) is 14.1. The third-order valence-electron chi connectivity index (χ3n) is 4.39. The van der Waals surface area contributed by atoms with Crippen LogP contribution in [0.4, 0.5) is 5.69 Å². The predicted molar refractivity (Wildman–Crippen MR) is 79.3 cm³/mol.